The Morgan fingerprint density at radius 2 is 1.96 bits per heavy atom. The smallest absolute Gasteiger partial charge is 0.269 e. The maximum absolute atomic E-state index is 12.0. The van der Waals surface area contributed by atoms with Crippen LogP contribution in [0.2, 0.25) is 5.02 Å². The zero-order chi connectivity index (χ0) is 16.7. The molecule has 5 heteroatoms. The molecule has 1 heterocycles. The minimum Gasteiger partial charge on any atom is -0.385 e. The van der Waals surface area contributed by atoms with Gasteiger partial charge in [0.05, 0.1) is 0 Å². The van der Waals surface area contributed by atoms with Crippen LogP contribution in [0.4, 0.5) is 5.69 Å². The molecule has 1 aromatic heterocycles. The molecule has 0 radical (unpaired) electrons. The lowest BCUT2D eigenvalue weighted by atomic mass is 10.1. The van der Waals surface area contributed by atoms with Crippen LogP contribution < -0.4 is 10.6 Å². The van der Waals surface area contributed by atoms with Crippen molar-refractivity contribution in [2.24, 2.45) is 5.92 Å². The van der Waals surface area contributed by atoms with E-state index in [1.165, 1.54) is 5.56 Å². The number of anilines is 1. The molecule has 4 nitrogen and oxygen atoms in total. The first-order chi connectivity index (χ1) is 11.0. The molecular weight excluding hydrogens is 310 g/mol. The zero-order valence-corrected chi connectivity index (χ0v) is 14.2. The number of carbonyl (C=O) groups excluding carboxylic acids is 1. The van der Waals surface area contributed by atoms with Crippen molar-refractivity contribution in [3.63, 3.8) is 0 Å². The van der Waals surface area contributed by atoms with Crippen molar-refractivity contribution in [3.8, 4) is 0 Å². The highest BCUT2D eigenvalue weighted by atomic mass is 35.5. The van der Waals surface area contributed by atoms with Gasteiger partial charge < -0.3 is 10.6 Å². The van der Waals surface area contributed by atoms with Crippen LogP contribution in [0, 0.1) is 5.92 Å². The van der Waals surface area contributed by atoms with E-state index in [0.29, 0.717) is 18.2 Å². The highest BCUT2D eigenvalue weighted by Gasteiger charge is 2.08. The Labute approximate surface area is 142 Å². The summed E-state index contributed by atoms with van der Waals surface area (Å²) in [5.74, 6) is 0.277. The maximum Gasteiger partial charge on any atom is 0.269 e. The van der Waals surface area contributed by atoms with E-state index in [9.17, 15) is 4.79 Å². The van der Waals surface area contributed by atoms with E-state index in [1.807, 2.05) is 30.3 Å². The summed E-state index contributed by atoms with van der Waals surface area (Å²) >= 11 is 5.87. The summed E-state index contributed by atoms with van der Waals surface area (Å²) in [4.78, 5) is 16.1. The third-order valence-corrected chi connectivity index (χ3v) is 3.57. The van der Waals surface area contributed by atoms with E-state index in [0.717, 1.165) is 23.7 Å². The summed E-state index contributed by atoms with van der Waals surface area (Å²) in [7, 11) is 0. The van der Waals surface area contributed by atoms with Gasteiger partial charge in [-0.05, 0) is 42.2 Å². The molecule has 0 saturated carbocycles. The molecule has 122 valence electrons. The second kappa shape index (κ2) is 8.53. The number of hydrogen-bond acceptors (Lipinski definition) is 3. The summed E-state index contributed by atoms with van der Waals surface area (Å²) in [6.07, 6.45) is 2.53. The molecule has 0 aliphatic carbocycles. The largest absolute Gasteiger partial charge is 0.385 e. The first kappa shape index (κ1) is 17.3. The van der Waals surface area contributed by atoms with Gasteiger partial charge in [0.1, 0.15) is 5.69 Å². The van der Waals surface area contributed by atoms with Gasteiger partial charge in [0.2, 0.25) is 0 Å². The van der Waals surface area contributed by atoms with E-state index in [-0.39, 0.29) is 5.91 Å². The standard InChI is InChI=1S/C18H22ClN3O/c1-13(2)12-22-18(23)17-11-16(8-10-21-17)20-9-7-14-3-5-15(19)6-4-14/h3-6,8,10-11,13H,7,9,12H2,1-2H3,(H,20,21)(H,22,23). The normalized spacial score (nSPS) is 10.6. The second-order valence-electron chi connectivity index (χ2n) is 5.84. The highest BCUT2D eigenvalue weighted by molar-refractivity contribution is 6.30. The maximum atomic E-state index is 12.0. The Bertz CT molecular complexity index is 641. The van der Waals surface area contributed by atoms with Crippen LogP contribution in [0.15, 0.2) is 42.6 Å². The number of aromatic nitrogens is 1. The van der Waals surface area contributed by atoms with Crippen LogP contribution in [0.3, 0.4) is 0 Å². The summed E-state index contributed by atoms with van der Waals surface area (Å²) < 4.78 is 0. The molecule has 1 aromatic carbocycles. The minimum absolute atomic E-state index is 0.139. The first-order valence-electron chi connectivity index (χ1n) is 7.77. The van der Waals surface area contributed by atoms with Crippen LogP contribution >= 0.6 is 11.6 Å². The Kier molecular flexibility index (Phi) is 6.41. The molecule has 1 amide bonds. The van der Waals surface area contributed by atoms with Crippen molar-refractivity contribution < 1.29 is 4.79 Å². The van der Waals surface area contributed by atoms with Gasteiger partial charge >= 0.3 is 0 Å². The summed E-state index contributed by atoms with van der Waals surface area (Å²) in [6.45, 7) is 5.54. The van der Waals surface area contributed by atoms with Gasteiger partial charge in [-0.25, -0.2) is 0 Å². The third-order valence-electron chi connectivity index (χ3n) is 3.32. The lowest BCUT2D eigenvalue weighted by Gasteiger charge is -2.09. The average Bonchev–Trinajstić information content (AvgIpc) is 2.55. The zero-order valence-electron chi connectivity index (χ0n) is 13.5. The van der Waals surface area contributed by atoms with Crippen LogP contribution in [-0.4, -0.2) is 24.0 Å². The van der Waals surface area contributed by atoms with Gasteiger partial charge in [0.25, 0.3) is 5.91 Å². The van der Waals surface area contributed by atoms with Crippen LogP contribution in [0.1, 0.15) is 29.9 Å². The fourth-order valence-corrected chi connectivity index (χ4v) is 2.18. The number of nitrogens with one attached hydrogen (secondary N) is 2. The quantitative estimate of drug-likeness (QED) is 0.812. The van der Waals surface area contributed by atoms with Crippen molar-refractivity contribution >= 4 is 23.2 Å². The molecule has 0 aliphatic rings. The van der Waals surface area contributed by atoms with Crippen molar-refractivity contribution in [3.05, 3.63) is 58.9 Å². The molecule has 0 spiro atoms. The van der Waals surface area contributed by atoms with Gasteiger partial charge in [-0.2, -0.15) is 0 Å². The number of rotatable bonds is 7. The fourth-order valence-electron chi connectivity index (χ4n) is 2.05. The summed E-state index contributed by atoms with van der Waals surface area (Å²) in [5, 5.41) is 6.93. The lowest BCUT2D eigenvalue weighted by molar-refractivity contribution is 0.0944. The average molecular weight is 332 g/mol. The molecule has 0 atom stereocenters. The molecule has 0 bridgehead atoms. The predicted octanol–water partition coefficient (Wildman–Crippen LogP) is 3.78. The number of pyridine rings is 1. The molecule has 23 heavy (non-hydrogen) atoms. The van der Waals surface area contributed by atoms with E-state index < -0.39 is 0 Å². The topological polar surface area (TPSA) is 54.0 Å². The van der Waals surface area contributed by atoms with Gasteiger partial charge in [0.15, 0.2) is 0 Å². The minimum atomic E-state index is -0.139. The van der Waals surface area contributed by atoms with E-state index in [4.69, 9.17) is 11.6 Å². The molecule has 2 rings (SSSR count). The Morgan fingerprint density at radius 3 is 2.65 bits per heavy atom. The number of hydrogen-bond donors (Lipinski definition) is 2. The third kappa shape index (κ3) is 5.91. The predicted molar refractivity (Wildman–Crippen MR) is 95.1 cm³/mol. The van der Waals surface area contributed by atoms with Gasteiger partial charge in [-0.15, -0.1) is 0 Å². The van der Waals surface area contributed by atoms with Crippen molar-refractivity contribution in [1.29, 1.82) is 0 Å². The fraction of sp³-hybridized carbons (Fsp3) is 0.333. The van der Waals surface area contributed by atoms with Gasteiger partial charge in [-0.1, -0.05) is 37.6 Å². The summed E-state index contributed by atoms with van der Waals surface area (Å²) in [6, 6.07) is 11.4. The van der Waals surface area contributed by atoms with Crippen molar-refractivity contribution in [1.82, 2.24) is 10.3 Å². The Morgan fingerprint density at radius 1 is 1.22 bits per heavy atom. The van der Waals surface area contributed by atoms with Crippen LogP contribution in [0.25, 0.3) is 0 Å². The van der Waals surface area contributed by atoms with E-state index in [2.05, 4.69) is 29.5 Å². The number of halogens is 1. The molecule has 0 saturated heterocycles. The van der Waals surface area contributed by atoms with Crippen molar-refractivity contribution in [2.75, 3.05) is 18.4 Å². The van der Waals surface area contributed by atoms with Gasteiger partial charge in [0, 0.05) is 30.0 Å². The number of amides is 1. The molecule has 0 fully saturated rings. The molecular formula is C18H22ClN3O. The van der Waals surface area contributed by atoms with Crippen molar-refractivity contribution in [2.45, 2.75) is 20.3 Å². The summed E-state index contributed by atoms with van der Waals surface area (Å²) in [5.41, 5.74) is 2.54. The van der Waals surface area contributed by atoms with Crippen LogP contribution in [-0.2, 0) is 6.42 Å². The van der Waals surface area contributed by atoms with E-state index in [1.54, 1.807) is 12.3 Å². The SMILES string of the molecule is CC(C)CNC(=O)c1cc(NCCc2ccc(Cl)cc2)ccn1. The van der Waals surface area contributed by atoms with E-state index >= 15 is 0 Å². The monoisotopic (exact) mass is 331 g/mol. The highest BCUT2D eigenvalue weighted by Crippen LogP contribution is 2.11. The van der Waals surface area contributed by atoms with Crippen LogP contribution in [0.5, 0.6) is 0 Å². The first-order valence-corrected chi connectivity index (χ1v) is 8.15. The number of carbonyl (C=O) groups is 1. The number of nitrogens with zero attached hydrogens (tertiary/aromatic N) is 1. The number of benzene rings is 1. The van der Waals surface area contributed by atoms with Gasteiger partial charge in [-0.3, -0.25) is 9.78 Å². The Balaban J connectivity index is 1.87. The molecule has 2 N–H and O–H groups in total. The molecule has 0 unspecified atom stereocenters. The molecule has 0 aliphatic heterocycles. The lowest BCUT2D eigenvalue weighted by Crippen LogP contribution is -2.28. The second-order valence-corrected chi connectivity index (χ2v) is 6.27. The Hall–Kier alpha value is -2.07. The molecule has 2 aromatic rings.